The van der Waals surface area contributed by atoms with E-state index in [0.717, 1.165) is 0 Å². The maximum absolute atomic E-state index is 2.41. The zero-order valence-corrected chi connectivity index (χ0v) is 17.4. The minimum atomic E-state index is -0.657. The molecular formula is C14H38MnSi2. The van der Waals surface area contributed by atoms with Gasteiger partial charge in [0.25, 0.3) is 0 Å². The molecule has 0 saturated carbocycles. The third-order valence-electron chi connectivity index (χ3n) is 2.00. The summed E-state index contributed by atoms with van der Waals surface area (Å²) in [6, 6.07) is 2.96. The molecule has 0 rings (SSSR count). The van der Waals surface area contributed by atoms with Crippen LogP contribution in [0, 0.1) is 14.9 Å². The minimum absolute atomic E-state index is 0. The number of rotatable bonds is 4. The molecule has 0 atom stereocenters. The molecule has 0 aliphatic rings. The minimum Gasteiger partial charge on any atom is -0.358 e. The summed E-state index contributed by atoms with van der Waals surface area (Å²) >= 11 is 0. The molecule has 0 fully saturated rings. The normalized spacial score (nSPS) is 9.88. The molecule has 0 unspecified atom stereocenters. The van der Waals surface area contributed by atoms with Crippen LogP contribution in [0.2, 0.25) is 51.4 Å². The van der Waals surface area contributed by atoms with E-state index in [1.165, 1.54) is 24.9 Å². The van der Waals surface area contributed by atoms with Gasteiger partial charge in [0, 0.05) is 16.1 Å². The van der Waals surface area contributed by atoms with E-state index in [1.807, 2.05) is 0 Å². The van der Waals surface area contributed by atoms with Crippen LogP contribution in [0.1, 0.15) is 26.7 Å². The van der Waals surface area contributed by atoms with Crippen molar-refractivity contribution in [1.29, 1.82) is 0 Å². The topological polar surface area (TPSA) is 0 Å². The Morgan fingerprint density at radius 2 is 0.765 bits per heavy atom. The molecule has 109 valence electrons. The molecule has 0 nitrogen and oxygen atoms in total. The van der Waals surface area contributed by atoms with E-state index in [1.54, 1.807) is 0 Å². The Morgan fingerprint density at radius 3 is 0.765 bits per heavy atom. The fraction of sp³-hybridized carbons (Fsp3) is 0.857. The van der Waals surface area contributed by atoms with Crippen molar-refractivity contribution in [1.82, 2.24) is 0 Å². The van der Waals surface area contributed by atoms with Crippen LogP contribution in [0.3, 0.4) is 0 Å². The van der Waals surface area contributed by atoms with Crippen LogP contribution in [-0.2, 0) is 17.1 Å². The van der Waals surface area contributed by atoms with Gasteiger partial charge in [0.2, 0.25) is 0 Å². The van der Waals surface area contributed by atoms with E-state index in [2.05, 4.69) is 53.1 Å². The largest absolute Gasteiger partial charge is 2.00 e. The second-order valence-electron chi connectivity index (χ2n) is 6.62. The number of hydrogen-bond donors (Lipinski definition) is 0. The van der Waals surface area contributed by atoms with Crippen molar-refractivity contribution in [2.45, 2.75) is 78.1 Å². The first-order valence-corrected chi connectivity index (χ1v) is 13.5. The Kier molecular flexibility index (Phi) is 27.2. The van der Waals surface area contributed by atoms with Crippen LogP contribution in [-0.4, -0.2) is 16.1 Å². The van der Waals surface area contributed by atoms with E-state index in [0.29, 0.717) is 0 Å². The first-order valence-electron chi connectivity index (χ1n) is 6.12. The van der Waals surface area contributed by atoms with Crippen LogP contribution in [0.4, 0.5) is 0 Å². The molecule has 0 aromatic heterocycles. The third-order valence-corrected chi connectivity index (χ3v) is 6.00. The second kappa shape index (κ2) is 15.0. The Labute approximate surface area is 126 Å². The molecular weight excluding hydrogens is 279 g/mol. The van der Waals surface area contributed by atoms with Crippen molar-refractivity contribution >= 4 is 16.1 Å². The monoisotopic (exact) mass is 317 g/mol. The Hall–Kier alpha value is 0.953. The van der Waals surface area contributed by atoms with Crippen LogP contribution in [0.25, 0.3) is 0 Å². The molecule has 17 heavy (non-hydrogen) atoms. The Bertz CT molecular complexity index is 107. The summed E-state index contributed by atoms with van der Waals surface area (Å²) in [5.41, 5.74) is 0. The summed E-state index contributed by atoms with van der Waals surface area (Å²) in [6.45, 7) is 19.0. The van der Waals surface area contributed by atoms with Crippen molar-refractivity contribution in [3.05, 3.63) is 14.9 Å². The quantitative estimate of drug-likeness (QED) is 0.417. The van der Waals surface area contributed by atoms with Crippen LogP contribution in [0.5, 0.6) is 0 Å². The van der Waals surface area contributed by atoms with Crippen molar-refractivity contribution in [2.75, 3.05) is 0 Å². The second-order valence-corrected chi connectivity index (χ2v) is 17.9. The van der Waals surface area contributed by atoms with Crippen LogP contribution >= 0.6 is 0 Å². The summed E-state index contributed by atoms with van der Waals surface area (Å²) in [7, 11) is -1.31. The number of hydrogen-bond acceptors (Lipinski definition) is 0. The van der Waals surface area contributed by atoms with Crippen molar-refractivity contribution in [2.24, 2.45) is 0 Å². The summed E-state index contributed by atoms with van der Waals surface area (Å²) in [5.74, 6) is 0. The SMILES string of the molecule is CCC[Si](C)(C)C.CCC[Si](C)(C)C.[CH3-].[CH3-].[Mn+2]. The van der Waals surface area contributed by atoms with E-state index in [4.69, 9.17) is 0 Å². The van der Waals surface area contributed by atoms with Gasteiger partial charge in [0.15, 0.2) is 0 Å². The summed E-state index contributed by atoms with van der Waals surface area (Å²) < 4.78 is 0. The Morgan fingerprint density at radius 1 is 0.588 bits per heavy atom. The molecule has 1 radical (unpaired) electrons. The van der Waals surface area contributed by atoms with E-state index < -0.39 is 16.1 Å². The van der Waals surface area contributed by atoms with Gasteiger partial charge >= 0.3 is 17.1 Å². The molecule has 0 N–H and O–H groups in total. The van der Waals surface area contributed by atoms with Gasteiger partial charge in [-0.1, -0.05) is 78.1 Å². The summed E-state index contributed by atoms with van der Waals surface area (Å²) in [6.07, 6.45) is 2.74. The molecule has 0 heterocycles. The van der Waals surface area contributed by atoms with Crippen molar-refractivity contribution in [3.63, 3.8) is 0 Å². The van der Waals surface area contributed by atoms with E-state index in [-0.39, 0.29) is 31.9 Å². The van der Waals surface area contributed by atoms with Gasteiger partial charge in [0.05, 0.1) is 0 Å². The maximum atomic E-state index is 2.41. The zero-order chi connectivity index (χ0) is 11.8. The molecule has 0 spiro atoms. The zero-order valence-electron chi connectivity index (χ0n) is 14.2. The first-order chi connectivity index (χ1) is 6.12. The summed E-state index contributed by atoms with van der Waals surface area (Å²) in [4.78, 5) is 0. The third kappa shape index (κ3) is 47.3. The standard InChI is InChI=1S/2C6H16Si.2CH3.Mn/c2*1-5-6-7(2,3)4;;;/h2*5-6H2,1-4H3;2*1H3;/q;;2*-1;+2. The predicted molar refractivity (Wildman–Crippen MR) is 89.7 cm³/mol. The summed E-state index contributed by atoms with van der Waals surface area (Å²) in [5, 5.41) is 0. The van der Waals surface area contributed by atoms with Gasteiger partial charge in [0.1, 0.15) is 0 Å². The van der Waals surface area contributed by atoms with E-state index >= 15 is 0 Å². The van der Waals surface area contributed by atoms with Crippen molar-refractivity contribution < 1.29 is 17.1 Å². The molecule has 0 aromatic carbocycles. The van der Waals surface area contributed by atoms with Crippen molar-refractivity contribution in [3.8, 4) is 0 Å². The van der Waals surface area contributed by atoms with Gasteiger partial charge < -0.3 is 14.9 Å². The molecule has 0 amide bonds. The fourth-order valence-electron chi connectivity index (χ4n) is 1.50. The van der Waals surface area contributed by atoms with Gasteiger partial charge in [-0.25, -0.2) is 0 Å². The molecule has 0 aliphatic heterocycles. The average molecular weight is 318 g/mol. The molecule has 0 aromatic rings. The smallest absolute Gasteiger partial charge is 0.358 e. The average Bonchev–Trinajstić information content (AvgIpc) is 1.81. The first kappa shape index (κ1) is 30.8. The van der Waals surface area contributed by atoms with Crippen LogP contribution in [0.15, 0.2) is 0 Å². The molecule has 0 aliphatic carbocycles. The molecule has 0 bridgehead atoms. The van der Waals surface area contributed by atoms with Crippen LogP contribution < -0.4 is 0 Å². The molecule has 3 heteroatoms. The fourth-order valence-corrected chi connectivity index (χ4v) is 4.50. The molecule has 0 saturated heterocycles. The maximum Gasteiger partial charge on any atom is 2.00 e. The predicted octanol–water partition coefficient (Wildman–Crippen LogP) is 6.37. The van der Waals surface area contributed by atoms with E-state index in [9.17, 15) is 0 Å². The van der Waals surface area contributed by atoms with Gasteiger partial charge in [-0.05, 0) is 0 Å². The van der Waals surface area contributed by atoms with Gasteiger partial charge in [-0.3, -0.25) is 0 Å². The van der Waals surface area contributed by atoms with Gasteiger partial charge in [-0.15, -0.1) is 0 Å². The van der Waals surface area contributed by atoms with Gasteiger partial charge in [-0.2, -0.15) is 0 Å². The Balaban J connectivity index is -0.0000000480.